The molecule has 0 aliphatic rings. The third kappa shape index (κ3) is 2.70. The molecule has 0 aromatic heterocycles. The number of aliphatic hydroxyl groups excluding tert-OH is 1. The summed E-state index contributed by atoms with van der Waals surface area (Å²) in [5.74, 6) is -1.59. The summed E-state index contributed by atoms with van der Waals surface area (Å²) in [6.45, 7) is 2.58. The maximum atomic E-state index is 13.3. The van der Waals surface area contributed by atoms with Crippen molar-refractivity contribution < 1.29 is 19.4 Å². The summed E-state index contributed by atoms with van der Waals surface area (Å²) in [5.41, 5.74) is -0.631. The van der Waals surface area contributed by atoms with Crippen molar-refractivity contribution in [2.45, 2.75) is 26.0 Å². The van der Waals surface area contributed by atoms with Crippen molar-refractivity contribution in [3.8, 4) is 0 Å². The highest BCUT2D eigenvalue weighted by atomic mass is 19.1. The molecule has 0 radical (unpaired) electrons. The zero-order valence-electron chi connectivity index (χ0n) is 9.12. The topological polar surface area (TPSA) is 69.6 Å². The van der Waals surface area contributed by atoms with E-state index in [0.717, 1.165) is 6.07 Å². The lowest BCUT2D eigenvalue weighted by atomic mass is 10.1. The molecule has 0 amide bonds. The second kappa shape index (κ2) is 4.49. The summed E-state index contributed by atoms with van der Waals surface area (Å²) in [7, 11) is 0. The van der Waals surface area contributed by atoms with Gasteiger partial charge in [-0.15, -0.1) is 0 Å². The van der Waals surface area contributed by atoms with Crippen molar-refractivity contribution in [3.63, 3.8) is 0 Å². The Morgan fingerprint density at radius 2 is 2.12 bits per heavy atom. The molecule has 0 fully saturated rings. The van der Waals surface area contributed by atoms with E-state index in [0.29, 0.717) is 5.69 Å². The highest BCUT2D eigenvalue weighted by molar-refractivity contribution is 5.81. The van der Waals surface area contributed by atoms with Crippen LogP contribution < -0.4 is 5.32 Å². The maximum absolute atomic E-state index is 13.3. The summed E-state index contributed by atoms with van der Waals surface area (Å²) in [6, 6.07) is 4.10. The lowest BCUT2D eigenvalue weighted by Crippen LogP contribution is -2.39. The minimum Gasteiger partial charge on any atom is -0.480 e. The smallest absolute Gasteiger partial charge is 0.328 e. The van der Waals surface area contributed by atoms with Crippen LogP contribution in [-0.4, -0.2) is 21.7 Å². The van der Waals surface area contributed by atoms with Crippen molar-refractivity contribution in [2.75, 3.05) is 5.32 Å². The zero-order valence-corrected chi connectivity index (χ0v) is 9.12. The number of rotatable bonds is 4. The lowest BCUT2D eigenvalue weighted by molar-refractivity contribution is -0.141. The molecule has 0 saturated carbocycles. The SMILES string of the molecule is CC(C)(Nc1ccc(CO)c(F)c1)C(=O)O. The van der Waals surface area contributed by atoms with Crippen LogP contribution in [0.15, 0.2) is 18.2 Å². The van der Waals surface area contributed by atoms with Gasteiger partial charge in [0.2, 0.25) is 0 Å². The number of aliphatic hydroxyl groups is 1. The Kier molecular flexibility index (Phi) is 3.49. The second-order valence-electron chi connectivity index (χ2n) is 4.02. The number of carboxylic acids is 1. The predicted octanol–water partition coefficient (Wildman–Crippen LogP) is 1.59. The minimum atomic E-state index is -1.17. The van der Waals surface area contributed by atoms with Crippen LogP contribution in [0.25, 0.3) is 0 Å². The van der Waals surface area contributed by atoms with E-state index >= 15 is 0 Å². The predicted molar refractivity (Wildman–Crippen MR) is 57.7 cm³/mol. The van der Waals surface area contributed by atoms with Crippen molar-refractivity contribution in [2.24, 2.45) is 0 Å². The van der Waals surface area contributed by atoms with Gasteiger partial charge < -0.3 is 15.5 Å². The summed E-state index contributed by atoms with van der Waals surface area (Å²) >= 11 is 0. The van der Waals surface area contributed by atoms with Gasteiger partial charge in [-0.25, -0.2) is 9.18 Å². The highest BCUT2D eigenvalue weighted by Crippen LogP contribution is 2.18. The molecule has 0 aliphatic heterocycles. The Balaban J connectivity index is 2.91. The molecule has 0 atom stereocenters. The zero-order chi connectivity index (χ0) is 12.3. The quantitative estimate of drug-likeness (QED) is 0.730. The van der Waals surface area contributed by atoms with Gasteiger partial charge in [-0.3, -0.25) is 0 Å². The monoisotopic (exact) mass is 227 g/mol. The van der Waals surface area contributed by atoms with Crippen molar-refractivity contribution in [3.05, 3.63) is 29.6 Å². The average Bonchev–Trinajstić information content (AvgIpc) is 2.17. The number of aliphatic carboxylic acids is 1. The first-order valence-electron chi connectivity index (χ1n) is 4.77. The third-order valence-electron chi connectivity index (χ3n) is 2.21. The summed E-state index contributed by atoms with van der Waals surface area (Å²) in [5, 5.41) is 20.3. The first-order chi connectivity index (χ1) is 7.36. The van der Waals surface area contributed by atoms with Gasteiger partial charge in [0.05, 0.1) is 6.61 Å². The Morgan fingerprint density at radius 3 is 2.56 bits per heavy atom. The molecule has 88 valence electrons. The molecule has 0 aliphatic carbocycles. The Bertz CT molecular complexity index is 404. The largest absolute Gasteiger partial charge is 0.480 e. The van der Waals surface area contributed by atoms with Crippen LogP contribution in [0.3, 0.4) is 0 Å². The van der Waals surface area contributed by atoms with Crippen molar-refractivity contribution in [1.82, 2.24) is 0 Å². The van der Waals surface area contributed by atoms with E-state index in [2.05, 4.69) is 5.32 Å². The van der Waals surface area contributed by atoms with E-state index in [4.69, 9.17) is 10.2 Å². The standard InChI is InChI=1S/C11H14FNO3/c1-11(2,10(15)16)13-8-4-3-7(6-14)9(12)5-8/h3-5,13-14H,6H2,1-2H3,(H,15,16). The highest BCUT2D eigenvalue weighted by Gasteiger charge is 2.26. The number of hydrogen-bond acceptors (Lipinski definition) is 3. The summed E-state index contributed by atoms with van der Waals surface area (Å²) in [4.78, 5) is 10.8. The molecule has 0 heterocycles. The molecule has 1 aromatic rings. The van der Waals surface area contributed by atoms with Crippen molar-refractivity contribution >= 4 is 11.7 Å². The van der Waals surface area contributed by atoms with E-state index in [1.165, 1.54) is 26.0 Å². The molecule has 0 bridgehead atoms. The normalized spacial score (nSPS) is 11.2. The molecule has 5 heteroatoms. The molecular weight excluding hydrogens is 213 g/mol. The molecule has 16 heavy (non-hydrogen) atoms. The Morgan fingerprint density at radius 1 is 1.50 bits per heavy atom. The van der Waals surface area contributed by atoms with Crippen LogP contribution >= 0.6 is 0 Å². The van der Waals surface area contributed by atoms with Gasteiger partial charge in [0.1, 0.15) is 11.4 Å². The number of halogens is 1. The van der Waals surface area contributed by atoms with E-state index in [9.17, 15) is 9.18 Å². The maximum Gasteiger partial charge on any atom is 0.328 e. The number of carboxylic acid groups (broad SMARTS) is 1. The van der Waals surface area contributed by atoms with Gasteiger partial charge in [-0.1, -0.05) is 6.07 Å². The van der Waals surface area contributed by atoms with Crippen LogP contribution in [0.4, 0.5) is 10.1 Å². The molecule has 4 nitrogen and oxygen atoms in total. The minimum absolute atomic E-state index is 0.179. The molecule has 0 saturated heterocycles. The average molecular weight is 227 g/mol. The number of carbonyl (C=O) groups is 1. The number of anilines is 1. The fraction of sp³-hybridized carbons (Fsp3) is 0.364. The van der Waals surface area contributed by atoms with Gasteiger partial charge in [-0.05, 0) is 26.0 Å². The van der Waals surface area contributed by atoms with E-state index in [1.54, 1.807) is 0 Å². The van der Waals surface area contributed by atoms with E-state index in [1.807, 2.05) is 0 Å². The first-order valence-corrected chi connectivity index (χ1v) is 4.77. The van der Waals surface area contributed by atoms with Crippen molar-refractivity contribution in [1.29, 1.82) is 0 Å². The number of hydrogen-bond donors (Lipinski definition) is 3. The van der Waals surface area contributed by atoms with Gasteiger partial charge >= 0.3 is 5.97 Å². The molecule has 0 unspecified atom stereocenters. The first kappa shape index (κ1) is 12.4. The summed E-state index contributed by atoms with van der Waals surface area (Å²) in [6.07, 6.45) is 0. The molecule has 0 spiro atoms. The number of benzene rings is 1. The fourth-order valence-electron chi connectivity index (χ4n) is 1.17. The molecule has 1 rings (SSSR count). The third-order valence-corrected chi connectivity index (χ3v) is 2.21. The van der Waals surface area contributed by atoms with Crippen LogP contribution in [-0.2, 0) is 11.4 Å². The van der Waals surface area contributed by atoms with Gasteiger partial charge in [0.15, 0.2) is 0 Å². The lowest BCUT2D eigenvalue weighted by Gasteiger charge is -2.22. The van der Waals surface area contributed by atoms with Gasteiger partial charge in [0, 0.05) is 11.3 Å². The van der Waals surface area contributed by atoms with E-state index < -0.39 is 17.3 Å². The molecule has 3 N–H and O–H groups in total. The van der Waals surface area contributed by atoms with Crippen LogP contribution in [0, 0.1) is 5.82 Å². The van der Waals surface area contributed by atoms with E-state index in [-0.39, 0.29) is 12.2 Å². The van der Waals surface area contributed by atoms with Gasteiger partial charge in [-0.2, -0.15) is 0 Å². The Hall–Kier alpha value is -1.62. The number of nitrogens with one attached hydrogen (secondary N) is 1. The molecule has 1 aromatic carbocycles. The molecular formula is C11H14FNO3. The summed E-state index contributed by atoms with van der Waals surface area (Å²) < 4.78 is 13.3. The second-order valence-corrected chi connectivity index (χ2v) is 4.02. The van der Waals surface area contributed by atoms with Crippen LogP contribution in [0.2, 0.25) is 0 Å². The van der Waals surface area contributed by atoms with Gasteiger partial charge in [0.25, 0.3) is 0 Å². The Labute approximate surface area is 92.7 Å². The van der Waals surface area contributed by atoms with Crippen LogP contribution in [0.1, 0.15) is 19.4 Å². The van der Waals surface area contributed by atoms with Crippen LogP contribution in [0.5, 0.6) is 0 Å². The fourth-order valence-corrected chi connectivity index (χ4v) is 1.17.